The van der Waals surface area contributed by atoms with Gasteiger partial charge in [-0.3, -0.25) is 0 Å². The van der Waals surface area contributed by atoms with E-state index in [0.29, 0.717) is 0 Å². The maximum atomic E-state index is 3.55. The van der Waals surface area contributed by atoms with Gasteiger partial charge in [-0.05, 0) is 61.7 Å². The van der Waals surface area contributed by atoms with E-state index >= 15 is 0 Å². The van der Waals surface area contributed by atoms with Crippen molar-refractivity contribution in [2.24, 2.45) is 0 Å². The van der Waals surface area contributed by atoms with E-state index in [2.05, 4.69) is 40.6 Å². The zero-order chi connectivity index (χ0) is 12.9. The fourth-order valence-corrected chi connectivity index (χ4v) is 2.82. The molecule has 2 heteroatoms. The zero-order valence-corrected chi connectivity index (χ0v) is 11.4. The number of rotatable bonds is 5. The summed E-state index contributed by atoms with van der Waals surface area (Å²) in [6, 6.07) is 8.75. The first kappa shape index (κ1) is 12.5. The summed E-state index contributed by atoms with van der Waals surface area (Å²) in [5, 5.41) is 4.84. The molecule has 0 bridgehead atoms. The molecule has 0 aliphatic heterocycles. The highest BCUT2D eigenvalue weighted by Gasteiger charge is 2.03. The molecular weight excluding hydrogens is 232 g/mol. The Morgan fingerprint density at radius 1 is 1.16 bits per heavy atom. The van der Waals surface area contributed by atoms with Crippen molar-refractivity contribution >= 4 is 10.9 Å². The van der Waals surface area contributed by atoms with Gasteiger partial charge in [-0.15, -0.1) is 0 Å². The number of aromatic amines is 1. The lowest BCUT2D eigenvalue weighted by Crippen LogP contribution is -2.15. The van der Waals surface area contributed by atoms with Crippen molar-refractivity contribution in [3.8, 4) is 0 Å². The fraction of sp³-hybridized carbons (Fsp3) is 0.412. The summed E-state index contributed by atoms with van der Waals surface area (Å²) in [6.07, 6.45) is 11.0. The lowest BCUT2D eigenvalue weighted by Gasteiger charge is -2.13. The van der Waals surface area contributed by atoms with Crippen LogP contribution < -0.4 is 5.32 Å². The van der Waals surface area contributed by atoms with Gasteiger partial charge < -0.3 is 10.3 Å². The Morgan fingerprint density at radius 2 is 2.16 bits per heavy atom. The molecule has 0 saturated carbocycles. The van der Waals surface area contributed by atoms with Crippen LogP contribution in [0.4, 0.5) is 0 Å². The first-order valence-electron chi connectivity index (χ1n) is 7.36. The third-order valence-corrected chi connectivity index (χ3v) is 3.96. The van der Waals surface area contributed by atoms with Crippen LogP contribution in [0.1, 0.15) is 37.7 Å². The Labute approximate surface area is 114 Å². The van der Waals surface area contributed by atoms with Crippen LogP contribution in [0.5, 0.6) is 0 Å². The van der Waals surface area contributed by atoms with Gasteiger partial charge in [0.25, 0.3) is 0 Å². The number of fused-ring (bicyclic) bond motifs is 1. The molecule has 0 amide bonds. The molecule has 1 aliphatic rings. The number of nitrogens with one attached hydrogen (secondary N) is 2. The van der Waals surface area contributed by atoms with Crippen LogP contribution >= 0.6 is 0 Å². The molecule has 2 nitrogen and oxygen atoms in total. The standard InChI is InChI=1S/C17H22N2/c1-2-4-14(5-3-1)8-10-18-13-15-6-7-16-9-11-19-17(16)12-15/h4,6-7,9,11-12,18-19H,1-3,5,8,10,13H2. The van der Waals surface area contributed by atoms with Gasteiger partial charge in [0.15, 0.2) is 0 Å². The Kier molecular flexibility index (Phi) is 3.99. The van der Waals surface area contributed by atoms with Crippen molar-refractivity contribution in [3.05, 3.63) is 47.7 Å². The smallest absolute Gasteiger partial charge is 0.0457 e. The first-order valence-corrected chi connectivity index (χ1v) is 7.36. The van der Waals surface area contributed by atoms with Gasteiger partial charge in [0.1, 0.15) is 0 Å². The van der Waals surface area contributed by atoms with Crippen LogP contribution in [0.3, 0.4) is 0 Å². The molecule has 0 saturated heterocycles. The summed E-state index contributed by atoms with van der Waals surface area (Å²) in [7, 11) is 0. The molecule has 1 aromatic heterocycles. The molecule has 3 rings (SSSR count). The molecule has 1 heterocycles. The number of hydrogen-bond donors (Lipinski definition) is 2. The van der Waals surface area contributed by atoms with Gasteiger partial charge in [-0.1, -0.05) is 23.8 Å². The van der Waals surface area contributed by atoms with Gasteiger partial charge >= 0.3 is 0 Å². The van der Waals surface area contributed by atoms with Crippen LogP contribution in [-0.4, -0.2) is 11.5 Å². The summed E-state index contributed by atoms with van der Waals surface area (Å²) in [4.78, 5) is 3.27. The molecule has 2 N–H and O–H groups in total. The van der Waals surface area contributed by atoms with Crippen LogP contribution in [0.15, 0.2) is 42.1 Å². The van der Waals surface area contributed by atoms with Crippen molar-refractivity contribution in [2.75, 3.05) is 6.54 Å². The molecule has 2 aromatic rings. The summed E-state index contributed by atoms with van der Waals surface area (Å²) >= 11 is 0. The third-order valence-electron chi connectivity index (χ3n) is 3.96. The van der Waals surface area contributed by atoms with E-state index in [-0.39, 0.29) is 0 Å². The monoisotopic (exact) mass is 254 g/mol. The van der Waals surface area contributed by atoms with Crippen LogP contribution in [0, 0.1) is 0 Å². The first-order chi connectivity index (χ1) is 9.42. The minimum absolute atomic E-state index is 0.961. The number of H-pyrrole nitrogens is 1. The van der Waals surface area contributed by atoms with Crippen molar-refractivity contribution in [2.45, 2.75) is 38.6 Å². The molecule has 0 atom stereocenters. The highest BCUT2D eigenvalue weighted by atomic mass is 14.8. The number of hydrogen-bond acceptors (Lipinski definition) is 1. The average molecular weight is 254 g/mol. The second-order valence-corrected chi connectivity index (χ2v) is 5.43. The average Bonchev–Trinajstić information content (AvgIpc) is 2.92. The highest BCUT2D eigenvalue weighted by Crippen LogP contribution is 2.19. The van der Waals surface area contributed by atoms with E-state index < -0.39 is 0 Å². The lowest BCUT2D eigenvalue weighted by atomic mass is 9.97. The van der Waals surface area contributed by atoms with Gasteiger partial charge in [0.05, 0.1) is 0 Å². The van der Waals surface area contributed by atoms with E-state index in [9.17, 15) is 0 Å². The quantitative estimate of drug-likeness (QED) is 0.609. The zero-order valence-electron chi connectivity index (χ0n) is 11.4. The van der Waals surface area contributed by atoms with E-state index in [1.165, 1.54) is 48.6 Å². The maximum absolute atomic E-state index is 3.55. The molecule has 100 valence electrons. The predicted molar refractivity (Wildman–Crippen MR) is 81.2 cm³/mol. The maximum Gasteiger partial charge on any atom is 0.0457 e. The predicted octanol–water partition coefficient (Wildman–Crippen LogP) is 4.15. The molecule has 0 radical (unpaired) electrons. The second kappa shape index (κ2) is 6.07. The summed E-state index contributed by atoms with van der Waals surface area (Å²) < 4.78 is 0. The Morgan fingerprint density at radius 3 is 3.05 bits per heavy atom. The van der Waals surface area contributed by atoms with E-state index in [0.717, 1.165) is 13.1 Å². The molecule has 1 aromatic carbocycles. The summed E-state index contributed by atoms with van der Waals surface area (Å²) in [5.74, 6) is 0. The van der Waals surface area contributed by atoms with Crippen molar-refractivity contribution in [1.82, 2.24) is 10.3 Å². The summed E-state index contributed by atoms with van der Waals surface area (Å²) in [6.45, 7) is 2.05. The van der Waals surface area contributed by atoms with Crippen molar-refractivity contribution in [3.63, 3.8) is 0 Å². The highest BCUT2D eigenvalue weighted by molar-refractivity contribution is 5.79. The number of benzene rings is 1. The molecular formula is C17H22N2. The molecule has 0 unspecified atom stereocenters. The largest absolute Gasteiger partial charge is 0.361 e. The Balaban J connectivity index is 1.47. The van der Waals surface area contributed by atoms with E-state index in [4.69, 9.17) is 0 Å². The van der Waals surface area contributed by atoms with Gasteiger partial charge in [-0.2, -0.15) is 0 Å². The normalized spacial score (nSPS) is 15.7. The molecule has 1 aliphatic carbocycles. The number of aromatic nitrogens is 1. The summed E-state index contributed by atoms with van der Waals surface area (Å²) in [5.41, 5.74) is 4.24. The number of allylic oxidation sites excluding steroid dienone is 1. The minimum Gasteiger partial charge on any atom is -0.361 e. The van der Waals surface area contributed by atoms with Crippen LogP contribution in [0.2, 0.25) is 0 Å². The van der Waals surface area contributed by atoms with Gasteiger partial charge in [0.2, 0.25) is 0 Å². The molecule has 0 spiro atoms. The van der Waals surface area contributed by atoms with E-state index in [1.54, 1.807) is 5.57 Å². The lowest BCUT2D eigenvalue weighted by molar-refractivity contribution is 0.632. The van der Waals surface area contributed by atoms with E-state index in [1.807, 2.05) is 6.20 Å². The van der Waals surface area contributed by atoms with Crippen molar-refractivity contribution < 1.29 is 0 Å². The SMILES string of the molecule is C1=C(CCNCc2ccc3cc[nH]c3c2)CCCC1. The molecule has 19 heavy (non-hydrogen) atoms. The fourth-order valence-electron chi connectivity index (χ4n) is 2.82. The minimum atomic E-state index is 0.961. The third kappa shape index (κ3) is 3.27. The van der Waals surface area contributed by atoms with Gasteiger partial charge in [-0.25, -0.2) is 0 Å². The topological polar surface area (TPSA) is 27.8 Å². The van der Waals surface area contributed by atoms with Crippen LogP contribution in [0.25, 0.3) is 10.9 Å². The second-order valence-electron chi connectivity index (χ2n) is 5.43. The Bertz CT molecular complexity index is 565. The van der Waals surface area contributed by atoms with Crippen LogP contribution in [-0.2, 0) is 6.54 Å². The van der Waals surface area contributed by atoms with Crippen molar-refractivity contribution in [1.29, 1.82) is 0 Å². The Hall–Kier alpha value is -1.54. The molecule has 0 fully saturated rings. The van der Waals surface area contributed by atoms with Gasteiger partial charge in [0, 0.05) is 18.3 Å².